The molecule has 0 aromatic heterocycles. The fourth-order valence-corrected chi connectivity index (χ4v) is 3.36. The van der Waals surface area contributed by atoms with Crippen molar-refractivity contribution in [2.24, 2.45) is 0 Å². The van der Waals surface area contributed by atoms with Gasteiger partial charge in [0, 0.05) is 11.6 Å². The molecule has 5 heteroatoms. The lowest BCUT2D eigenvalue weighted by atomic mass is 9.82. The fraction of sp³-hybridized carbons (Fsp3) is 0.364. The van der Waals surface area contributed by atoms with Gasteiger partial charge in [0.15, 0.2) is 11.5 Å². The average molecular weight is 370 g/mol. The Morgan fingerprint density at radius 2 is 1.63 bits per heavy atom. The van der Waals surface area contributed by atoms with Gasteiger partial charge in [0.25, 0.3) is 0 Å². The van der Waals surface area contributed by atoms with E-state index < -0.39 is 11.7 Å². The number of hydrogen-bond donors (Lipinski definition) is 1. The molecule has 0 amide bonds. The van der Waals surface area contributed by atoms with Gasteiger partial charge >= 0.3 is 0 Å². The number of rotatable bonds is 5. The van der Waals surface area contributed by atoms with E-state index in [4.69, 9.17) is 18.9 Å². The number of fused-ring (bicyclic) bond motifs is 1. The molecule has 27 heavy (non-hydrogen) atoms. The minimum absolute atomic E-state index is 0.549. The van der Waals surface area contributed by atoms with Crippen LogP contribution in [0.2, 0.25) is 0 Å². The molecule has 1 heterocycles. The summed E-state index contributed by atoms with van der Waals surface area (Å²) in [6.45, 7) is 5.98. The van der Waals surface area contributed by atoms with Crippen LogP contribution in [0.3, 0.4) is 0 Å². The van der Waals surface area contributed by atoms with Crippen molar-refractivity contribution in [3.05, 3.63) is 53.1 Å². The van der Waals surface area contributed by atoms with Crippen molar-refractivity contribution in [3.63, 3.8) is 0 Å². The molecule has 3 rings (SSSR count). The van der Waals surface area contributed by atoms with Crippen LogP contribution >= 0.6 is 0 Å². The Balaban J connectivity index is 2.13. The van der Waals surface area contributed by atoms with Crippen LogP contribution in [0.5, 0.6) is 23.0 Å². The van der Waals surface area contributed by atoms with Crippen LogP contribution in [0.25, 0.3) is 5.57 Å². The Morgan fingerprint density at radius 1 is 0.926 bits per heavy atom. The maximum atomic E-state index is 11.3. The lowest BCUT2D eigenvalue weighted by Crippen LogP contribution is -2.34. The van der Waals surface area contributed by atoms with Gasteiger partial charge in [-0.05, 0) is 61.7 Å². The molecule has 1 aliphatic rings. The highest BCUT2D eigenvalue weighted by Crippen LogP contribution is 2.47. The molecule has 1 N–H and O–H groups in total. The highest BCUT2D eigenvalue weighted by atomic mass is 16.5. The maximum Gasteiger partial charge on any atom is 0.161 e. The Kier molecular flexibility index (Phi) is 5.07. The summed E-state index contributed by atoms with van der Waals surface area (Å²) < 4.78 is 22.2. The molecule has 1 unspecified atom stereocenters. The minimum Gasteiger partial charge on any atom is -0.497 e. The second-order valence-corrected chi connectivity index (χ2v) is 7.03. The highest BCUT2D eigenvalue weighted by molar-refractivity contribution is 5.80. The second kappa shape index (κ2) is 7.16. The maximum absolute atomic E-state index is 11.3. The summed E-state index contributed by atoms with van der Waals surface area (Å²) in [6, 6.07) is 11.1. The summed E-state index contributed by atoms with van der Waals surface area (Å²) in [6.07, 6.45) is -0.833. The lowest BCUT2D eigenvalue weighted by molar-refractivity contribution is 0.138. The molecule has 0 saturated carbocycles. The van der Waals surface area contributed by atoms with Gasteiger partial charge in [-0.25, -0.2) is 0 Å². The van der Waals surface area contributed by atoms with Crippen molar-refractivity contribution < 1.29 is 24.1 Å². The van der Waals surface area contributed by atoms with Gasteiger partial charge in [0.1, 0.15) is 23.2 Å². The molecule has 0 radical (unpaired) electrons. The largest absolute Gasteiger partial charge is 0.497 e. The summed E-state index contributed by atoms with van der Waals surface area (Å²) >= 11 is 0. The summed E-state index contributed by atoms with van der Waals surface area (Å²) in [5.74, 6) is 2.61. The van der Waals surface area contributed by atoms with Crippen LogP contribution in [-0.2, 0) is 0 Å². The number of ether oxygens (including phenoxy) is 4. The lowest BCUT2D eigenvalue weighted by Gasteiger charge is -2.37. The third kappa shape index (κ3) is 3.35. The number of benzene rings is 2. The molecular formula is C22H26O5. The van der Waals surface area contributed by atoms with Crippen molar-refractivity contribution in [3.8, 4) is 23.0 Å². The van der Waals surface area contributed by atoms with Crippen LogP contribution in [0.15, 0.2) is 42.0 Å². The number of aliphatic hydroxyl groups excluding tert-OH is 1. The summed E-state index contributed by atoms with van der Waals surface area (Å²) in [7, 11) is 4.79. The molecule has 0 aliphatic carbocycles. The van der Waals surface area contributed by atoms with Gasteiger partial charge in [-0.1, -0.05) is 6.07 Å². The molecule has 2 aromatic rings. The predicted molar refractivity (Wildman–Crippen MR) is 105 cm³/mol. The molecule has 2 aromatic carbocycles. The Hall–Kier alpha value is -2.66. The molecule has 0 spiro atoms. The van der Waals surface area contributed by atoms with Crippen LogP contribution < -0.4 is 18.9 Å². The number of hydrogen-bond acceptors (Lipinski definition) is 5. The molecule has 0 saturated heterocycles. The monoisotopic (exact) mass is 370 g/mol. The number of methoxy groups -OCH3 is 3. The van der Waals surface area contributed by atoms with E-state index in [1.807, 2.05) is 45.0 Å². The van der Waals surface area contributed by atoms with Crippen molar-refractivity contribution in [2.75, 3.05) is 21.3 Å². The van der Waals surface area contributed by atoms with E-state index in [1.165, 1.54) is 0 Å². The van der Waals surface area contributed by atoms with E-state index in [1.54, 1.807) is 33.5 Å². The molecule has 144 valence electrons. The van der Waals surface area contributed by atoms with E-state index in [9.17, 15) is 5.11 Å². The van der Waals surface area contributed by atoms with E-state index in [0.717, 1.165) is 22.3 Å². The fourth-order valence-electron chi connectivity index (χ4n) is 3.36. The van der Waals surface area contributed by atoms with E-state index in [-0.39, 0.29) is 0 Å². The molecule has 0 fully saturated rings. The van der Waals surface area contributed by atoms with Crippen LogP contribution in [-0.4, -0.2) is 32.0 Å². The van der Waals surface area contributed by atoms with Crippen molar-refractivity contribution in [1.29, 1.82) is 0 Å². The average Bonchev–Trinajstić information content (AvgIpc) is 2.67. The Labute approximate surface area is 160 Å². The molecule has 0 bridgehead atoms. The van der Waals surface area contributed by atoms with Crippen LogP contribution in [0, 0.1) is 0 Å². The van der Waals surface area contributed by atoms with E-state index in [0.29, 0.717) is 23.0 Å². The van der Waals surface area contributed by atoms with Gasteiger partial charge in [0.05, 0.1) is 21.3 Å². The SMILES string of the molecule is COc1ccc2c(c1)OC(C)(C)C(C)=C2C(O)c1ccc(OC)c(OC)c1. The van der Waals surface area contributed by atoms with Crippen molar-refractivity contribution in [2.45, 2.75) is 32.5 Å². The smallest absolute Gasteiger partial charge is 0.161 e. The quantitative estimate of drug-likeness (QED) is 0.846. The van der Waals surface area contributed by atoms with E-state index >= 15 is 0 Å². The Morgan fingerprint density at radius 3 is 2.26 bits per heavy atom. The standard InChI is InChI=1S/C22H26O5/c1-13-20(21(23)14-7-10-17(25-5)19(11-14)26-6)16-9-8-15(24-4)12-18(16)27-22(13,2)3/h7-12,21,23H,1-6H3. The topological polar surface area (TPSA) is 57.2 Å². The van der Waals surface area contributed by atoms with Crippen molar-refractivity contribution in [1.82, 2.24) is 0 Å². The summed E-state index contributed by atoms with van der Waals surface area (Å²) in [4.78, 5) is 0. The van der Waals surface area contributed by atoms with Crippen molar-refractivity contribution >= 4 is 5.57 Å². The first-order chi connectivity index (χ1) is 12.8. The summed E-state index contributed by atoms with van der Waals surface area (Å²) in [5, 5.41) is 11.3. The Bertz CT molecular complexity index is 882. The van der Waals surface area contributed by atoms with E-state index in [2.05, 4.69) is 0 Å². The number of aliphatic hydroxyl groups is 1. The zero-order valence-electron chi connectivity index (χ0n) is 16.6. The minimum atomic E-state index is -0.833. The third-order valence-corrected chi connectivity index (χ3v) is 5.15. The van der Waals surface area contributed by atoms with Gasteiger partial charge in [0.2, 0.25) is 0 Å². The van der Waals surface area contributed by atoms with Gasteiger partial charge in [-0.3, -0.25) is 0 Å². The highest BCUT2D eigenvalue weighted by Gasteiger charge is 2.35. The zero-order chi connectivity index (χ0) is 19.8. The predicted octanol–water partition coefficient (Wildman–Crippen LogP) is 4.39. The molecule has 1 atom stereocenters. The second-order valence-electron chi connectivity index (χ2n) is 7.03. The zero-order valence-corrected chi connectivity index (χ0v) is 16.6. The first kappa shape index (κ1) is 19.1. The molecular weight excluding hydrogens is 344 g/mol. The third-order valence-electron chi connectivity index (χ3n) is 5.15. The van der Waals surface area contributed by atoms with Gasteiger partial charge in [-0.15, -0.1) is 0 Å². The van der Waals surface area contributed by atoms with Crippen LogP contribution in [0.1, 0.15) is 38.0 Å². The normalized spacial score (nSPS) is 16.3. The van der Waals surface area contributed by atoms with Gasteiger partial charge < -0.3 is 24.1 Å². The van der Waals surface area contributed by atoms with Crippen LogP contribution in [0.4, 0.5) is 0 Å². The first-order valence-electron chi connectivity index (χ1n) is 8.81. The molecule has 5 nitrogen and oxygen atoms in total. The first-order valence-corrected chi connectivity index (χ1v) is 8.81. The summed E-state index contributed by atoms with van der Waals surface area (Å²) in [5.41, 5.74) is 2.83. The molecule has 1 aliphatic heterocycles. The van der Waals surface area contributed by atoms with Gasteiger partial charge in [-0.2, -0.15) is 0 Å².